The van der Waals surface area contributed by atoms with Gasteiger partial charge < -0.3 is 5.11 Å². The number of benzene rings is 1. The first kappa shape index (κ1) is 18.3. The zero-order valence-corrected chi connectivity index (χ0v) is 14.7. The highest BCUT2D eigenvalue weighted by Gasteiger charge is 2.28. The number of aromatic amines is 1. The van der Waals surface area contributed by atoms with Gasteiger partial charge in [-0.25, -0.2) is 22.0 Å². The number of rotatable bonds is 5. The first-order valence-electron chi connectivity index (χ1n) is 7.95. The Morgan fingerprint density at radius 2 is 2.00 bits per heavy atom. The number of aromatic nitrogens is 2. The SMILES string of the molecule is Cc1[nH]nc(C(F)F)c1NS(=O)(=O)c1cc(C(=O)O)cc2c1CCCC2. The van der Waals surface area contributed by atoms with Gasteiger partial charge in [-0.3, -0.25) is 9.82 Å². The Hall–Kier alpha value is -2.49. The van der Waals surface area contributed by atoms with Crippen molar-refractivity contribution in [3.8, 4) is 0 Å². The molecule has 1 heterocycles. The summed E-state index contributed by atoms with van der Waals surface area (Å²) < 4.78 is 54.1. The number of aromatic carboxylic acids is 1. The highest BCUT2D eigenvalue weighted by Crippen LogP contribution is 2.33. The van der Waals surface area contributed by atoms with Crippen molar-refractivity contribution in [2.45, 2.75) is 43.9 Å². The van der Waals surface area contributed by atoms with Gasteiger partial charge in [0.05, 0.1) is 21.8 Å². The fourth-order valence-corrected chi connectivity index (χ4v) is 4.59. The van der Waals surface area contributed by atoms with Crippen molar-refractivity contribution in [1.29, 1.82) is 0 Å². The number of carbonyl (C=O) groups is 1. The number of hydrogen-bond acceptors (Lipinski definition) is 4. The van der Waals surface area contributed by atoms with E-state index in [1.165, 1.54) is 13.0 Å². The highest BCUT2D eigenvalue weighted by atomic mass is 32.2. The van der Waals surface area contributed by atoms with Gasteiger partial charge in [0.15, 0.2) is 5.69 Å². The van der Waals surface area contributed by atoms with Crippen molar-refractivity contribution in [1.82, 2.24) is 10.2 Å². The maximum atomic E-state index is 13.1. The fourth-order valence-electron chi connectivity index (χ4n) is 3.11. The minimum absolute atomic E-state index is 0.145. The molecule has 0 saturated heterocycles. The predicted octanol–water partition coefficient (Wildman–Crippen LogP) is 3.03. The molecule has 3 rings (SSSR count). The second kappa shape index (κ2) is 6.67. The lowest BCUT2D eigenvalue weighted by atomic mass is 9.90. The zero-order chi connectivity index (χ0) is 19.1. The summed E-state index contributed by atoms with van der Waals surface area (Å²) in [5, 5.41) is 15.0. The van der Waals surface area contributed by atoms with Crippen LogP contribution in [0.2, 0.25) is 0 Å². The van der Waals surface area contributed by atoms with Crippen LogP contribution in [0.3, 0.4) is 0 Å². The van der Waals surface area contributed by atoms with Gasteiger partial charge in [0.1, 0.15) is 0 Å². The normalized spacial score (nSPS) is 14.3. The van der Waals surface area contributed by atoms with Gasteiger partial charge in [-0.1, -0.05) is 0 Å². The molecule has 3 N–H and O–H groups in total. The molecule has 0 fully saturated rings. The topological polar surface area (TPSA) is 112 Å². The summed E-state index contributed by atoms with van der Waals surface area (Å²) in [5.41, 5.74) is 0.179. The molecule has 1 aromatic heterocycles. The largest absolute Gasteiger partial charge is 0.478 e. The number of nitrogens with one attached hydrogen (secondary N) is 2. The highest BCUT2D eigenvalue weighted by molar-refractivity contribution is 7.92. The Morgan fingerprint density at radius 3 is 2.65 bits per heavy atom. The second-order valence-electron chi connectivity index (χ2n) is 6.14. The first-order valence-corrected chi connectivity index (χ1v) is 9.44. The summed E-state index contributed by atoms with van der Waals surface area (Å²) in [6.07, 6.45) is -0.297. The lowest BCUT2D eigenvalue weighted by Gasteiger charge is -2.21. The number of carboxylic acids is 1. The van der Waals surface area contributed by atoms with Gasteiger partial charge in [-0.2, -0.15) is 5.10 Å². The van der Waals surface area contributed by atoms with E-state index in [9.17, 15) is 27.1 Å². The number of aryl methyl sites for hydroxylation is 2. The Balaban J connectivity index is 2.12. The fraction of sp³-hybridized carbons (Fsp3) is 0.375. The summed E-state index contributed by atoms with van der Waals surface area (Å²) in [6.45, 7) is 1.42. The molecule has 140 valence electrons. The Morgan fingerprint density at radius 1 is 1.31 bits per heavy atom. The summed E-state index contributed by atoms with van der Waals surface area (Å²) in [6, 6.07) is 2.55. The smallest absolute Gasteiger partial charge is 0.335 e. The molecular formula is C16H17F2N3O4S. The molecule has 0 aliphatic heterocycles. The molecule has 0 bridgehead atoms. The van der Waals surface area contributed by atoms with Gasteiger partial charge in [-0.05, 0) is 55.9 Å². The third-order valence-corrected chi connectivity index (χ3v) is 5.80. The number of fused-ring (bicyclic) bond motifs is 1. The number of sulfonamides is 1. The van der Waals surface area contributed by atoms with Gasteiger partial charge in [0.25, 0.3) is 16.4 Å². The van der Waals surface area contributed by atoms with Crippen LogP contribution in [0, 0.1) is 6.92 Å². The van der Waals surface area contributed by atoms with E-state index >= 15 is 0 Å². The molecule has 0 unspecified atom stereocenters. The van der Waals surface area contributed by atoms with E-state index in [2.05, 4.69) is 14.9 Å². The molecule has 1 aliphatic rings. The predicted molar refractivity (Wildman–Crippen MR) is 89.1 cm³/mol. The van der Waals surface area contributed by atoms with Crippen LogP contribution < -0.4 is 4.72 Å². The van der Waals surface area contributed by atoms with E-state index in [-0.39, 0.29) is 21.8 Å². The van der Waals surface area contributed by atoms with Crippen LogP contribution in [0.25, 0.3) is 0 Å². The van der Waals surface area contributed by atoms with Gasteiger partial charge in [0, 0.05) is 0 Å². The molecule has 0 spiro atoms. The van der Waals surface area contributed by atoms with Crippen LogP contribution >= 0.6 is 0 Å². The summed E-state index contributed by atoms with van der Waals surface area (Å²) in [4.78, 5) is 11.2. The maximum absolute atomic E-state index is 13.1. The minimum Gasteiger partial charge on any atom is -0.478 e. The molecule has 0 atom stereocenters. The van der Waals surface area contributed by atoms with E-state index in [4.69, 9.17) is 0 Å². The molecule has 26 heavy (non-hydrogen) atoms. The van der Waals surface area contributed by atoms with Crippen molar-refractivity contribution in [2.75, 3.05) is 4.72 Å². The van der Waals surface area contributed by atoms with E-state index in [0.29, 0.717) is 24.0 Å². The third kappa shape index (κ3) is 3.28. The van der Waals surface area contributed by atoms with Crippen molar-refractivity contribution >= 4 is 21.7 Å². The molecule has 10 heteroatoms. The Labute approximate surface area is 148 Å². The second-order valence-corrected chi connectivity index (χ2v) is 7.79. The van der Waals surface area contributed by atoms with Crippen molar-refractivity contribution in [2.24, 2.45) is 0 Å². The average molecular weight is 385 g/mol. The van der Waals surface area contributed by atoms with Gasteiger partial charge in [0.2, 0.25) is 0 Å². The molecule has 0 amide bonds. The molecule has 2 aromatic rings. The minimum atomic E-state index is -4.27. The number of carboxylic acid groups (broad SMARTS) is 1. The van der Waals surface area contributed by atoms with E-state index < -0.39 is 28.1 Å². The van der Waals surface area contributed by atoms with Crippen molar-refractivity contribution < 1.29 is 27.1 Å². The van der Waals surface area contributed by atoms with Crippen LogP contribution in [-0.2, 0) is 22.9 Å². The Kier molecular flexibility index (Phi) is 4.70. The van der Waals surface area contributed by atoms with E-state index in [1.54, 1.807) is 0 Å². The molecule has 1 aromatic carbocycles. The Bertz CT molecular complexity index is 970. The summed E-state index contributed by atoms with van der Waals surface area (Å²) in [5.74, 6) is -1.25. The van der Waals surface area contributed by atoms with Gasteiger partial charge in [-0.15, -0.1) is 0 Å². The summed E-state index contributed by atoms with van der Waals surface area (Å²) in [7, 11) is -4.27. The quantitative estimate of drug-likeness (QED) is 0.732. The van der Waals surface area contributed by atoms with Crippen molar-refractivity contribution in [3.05, 3.63) is 40.2 Å². The van der Waals surface area contributed by atoms with Crippen LogP contribution in [0.4, 0.5) is 14.5 Å². The lowest BCUT2D eigenvalue weighted by Crippen LogP contribution is -2.20. The number of halogens is 2. The zero-order valence-electron chi connectivity index (χ0n) is 13.8. The van der Waals surface area contributed by atoms with E-state index in [0.717, 1.165) is 18.9 Å². The van der Waals surface area contributed by atoms with Crippen LogP contribution in [0.15, 0.2) is 17.0 Å². The number of hydrogen-bond donors (Lipinski definition) is 3. The van der Waals surface area contributed by atoms with E-state index in [1.807, 2.05) is 0 Å². The average Bonchev–Trinajstić information content (AvgIpc) is 2.94. The monoisotopic (exact) mass is 385 g/mol. The lowest BCUT2D eigenvalue weighted by molar-refractivity contribution is 0.0696. The first-order chi connectivity index (χ1) is 12.2. The molecule has 0 saturated carbocycles. The molecule has 1 aliphatic carbocycles. The number of H-pyrrole nitrogens is 1. The summed E-state index contributed by atoms with van der Waals surface area (Å²) >= 11 is 0. The van der Waals surface area contributed by atoms with Crippen molar-refractivity contribution in [3.63, 3.8) is 0 Å². The number of alkyl halides is 2. The number of anilines is 1. The van der Waals surface area contributed by atoms with Crippen LogP contribution in [0.1, 0.15) is 52.1 Å². The van der Waals surface area contributed by atoms with Gasteiger partial charge >= 0.3 is 5.97 Å². The molecule has 0 radical (unpaired) electrons. The van der Waals surface area contributed by atoms with Crippen LogP contribution in [0.5, 0.6) is 0 Å². The maximum Gasteiger partial charge on any atom is 0.335 e. The standard InChI is InChI=1S/C16H17F2N3O4S/c1-8-13(14(15(17)18)20-19-8)21-26(24,25)12-7-10(16(22)23)6-9-4-2-3-5-11(9)12/h6-7,15,21H,2-5H2,1H3,(H,19,20)(H,22,23). The number of nitrogens with zero attached hydrogens (tertiary/aromatic N) is 1. The molecular weight excluding hydrogens is 368 g/mol. The molecule has 7 nitrogen and oxygen atoms in total. The third-order valence-electron chi connectivity index (χ3n) is 4.38. The van der Waals surface area contributed by atoms with Crippen LogP contribution in [-0.4, -0.2) is 29.7 Å².